The average Bonchev–Trinajstić information content (AvgIpc) is 3.19. The number of aromatic nitrogens is 3. The summed E-state index contributed by atoms with van der Waals surface area (Å²) < 4.78 is 17.0. The number of ether oxygens (including phenoxy) is 3. The highest BCUT2D eigenvalue weighted by atomic mass is 32.2. The van der Waals surface area contributed by atoms with Gasteiger partial charge in [0.1, 0.15) is 5.75 Å². The van der Waals surface area contributed by atoms with E-state index in [2.05, 4.69) is 20.8 Å². The Labute approximate surface area is 190 Å². The number of nitrogen functional groups attached to an aromatic ring is 1. The van der Waals surface area contributed by atoms with Crippen molar-refractivity contribution in [2.24, 2.45) is 0 Å². The third-order valence-electron chi connectivity index (χ3n) is 4.55. The molecule has 1 heterocycles. The van der Waals surface area contributed by atoms with Crippen LogP contribution in [-0.4, -0.2) is 47.9 Å². The Bertz CT molecular complexity index is 1040. The first kappa shape index (κ1) is 23.1. The molecule has 0 saturated carbocycles. The molecule has 11 heteroatoms. The molecular formula is C21H26N6O4S. The first-order valence-electron chi connectivity index (χ1n) is 9.71. The average molecular weight is 459 g/mol. The summed E-state index contributed by atoms with van der Waals surface area (Å²) in [5.74, 6) is 8.67. The Morgan fingerprint density at radius 2 is 1.75 bits per heavy atom. The van der Waals surface area contributed by atoms with Gasteiger partial charge in [0.05, 0.1) is 33.6 Å². The predicted octanol–water partition coefficient (Wildman–Crippen LogP) is 2.04. The largest absolute Gasteiger partial charge is 0.497 e. The summed E-state index contributed by atoms with van der Waals surface area (Å²) in [4.78, 5) is 12.2. The molecule has 0 aliphatic carbocycles. The predicted molar refractivity (Wildman–Crippen MR) is 123 cm³/mol. The normalized spacial score (nSPS) is 10.5. The highest BCUT2D eigenvalue weighted by molar-refractivity contribution is 7.99. The molecule has 0 aliphatic rings. The molecular weight excluding hydrogens is 432 g/mol. The van der Waals surface area contributed by atoms with Crippen molar-refractivity contribution in [3.05, 3.63) is 53.9 Å². The second-order valence-corrected chi connectivity index (χ2v) is 7.55. The highest BCUT2D eigenvalue weighted by Gasteiger charge is 2.13. The summed E-state index contributed by atoms with van der Waals surface area (Å²) in [5, 5.41) is 14.7. The number of carbonyl (C=O) groups excluding carboxylic acids is 1. The first-order chi connectivity index (χ1) is 15.5. The van der Waals surface area contributed by atoms with Crippen molar-refractivity contribution in [1.82, 2.24) is 20.2 Å². The van der Waals surface area contributed by atoms with Crippen LogP contribution in [-0.2, 0) is 17.9 Å². The van der Waals surface area contributed by atoms with Crippen molar-refractivity contribution in [2.45, 2.75) is 18.2 Å². The number of amides is 1. The number of benzene rings is 2. The van der Waals surface area contributed by atoms with Gasteiger partial charge in [-0.15, -0.1) is 10.2 Å². The number of nitrogens with two attached hydrogens (primary N) is 1. The number of rotatable bonds is 11. The smallest absolute Gasteiger partial charge is 0.230 e. The lowest BCUT2D eigenvalue weighted by Gasteiger charge is -2.10. The molecule has 170 valence electrons. The van der Waals surface area contributed by atoms with Crippen LogP contribution in [0.4, 0.5) is 5.69 Å². The lowest BCUT2D eigenvalue weighted by molar-refractivity contribution is -0.118. The van der Waals surface area contributed by atoms with Gasteiger partial charge in [-0.1, -0.05) is 17.8 Å². The molecule has 2 aromatic carbocycles. The summed E-state index contributed by atoms with van der Waals surface area (Å²) in [5.41, 5.74) is 1.80. The van der Waals surface area contributed by atoms with Crippen molar-refractivity contribution in [3.63, 3.8) is 0 Å². The van der Waals surface area contributed by atoms with Crippen molar-refractivity contribution < 1.29 is 19.0 Å². The molecule has 0 aliphatic heterocycles. The zero-order valence-electron chi connectivity index (χ0n) is 18.1. The molecule has 3 aromatic rings. The minimum absolute atomic E-state index is 0.148. The topological polar surface area (TPSA) is 126 Å². The fourth-order valence-corrected chi connectivity index (χ4v) is 3.49. The van der Waals surface area contributed by atoms with Crippen LogP contribution in [0.3, 0.4) is 0 Å². The molecule has 0 saturated heterocycles. The van der Waals surface area contributed by atoms with Crippen LogP contribution in [0.2, 0.25) is 0 Å². The van der Waals surface area contributed by atoms with Crippen LogP contribution in [0, 0.1) is 0 Å². The van der Waals surface area contributed by atoms with E-state index >= 15 is 0 Å². The highest BCUT2D eigenvalue weighted by Crippen LogP contribution is 2.27. The second-order valence-electron chi connectivity index (χ2n) is 6.61. The Morgan fingerprint density at radius 3 is 2.44 bits per heavy atom. The van der Waals surface area contributed by atoms with Gasteiger partial charge < -0.3 is 30.7 Å². The third-order valence-corrected chi connectivity index (χ3v) is 5.49. The van der Waals surface area contributed by atoms with Crippen LogP contribution >= 0.6 is 11.8 Å². The number of thioether (sulfide) groups is 1. The van der Waals surface area contributed by atoms with E-state index in [1.54, 1.807) is 27.4 Å². The molecule has 32 heavy (non-hydrogen) atoms. The SMILES string of the molecule is COc1ccc(NCc2nnc(SCC(=O)NCc3ccc(OC)c(OC)c3)n2N)cc1. The Morgan fingerprint density at radius 1 is 1.00 bits per heavy atom. The fraction of sp³-hybridized carbons (Fsp3) is 0.286. The molecule has 3 rings (SSSR count). The minimum Gasteiger partial charge on any atom is -0.497 e. The lowest BCUT2D eigenvalue weighted by atomic mass is 10.2. The van der Waals surface area contributed by atoms with Crippen LogP contribution in [0.25, 0.3) is 0 Å². The molecule has 0 radical (unpaired) electrons. The van der Waals surface area contributed by atoms with Gasteiger partial charge in [-0.2, -0.15) is 0 Å². The van der Waals surface area contributed by atoms with E-state index in [1.165, 1.54) is 16.4 Å². The van der Waals surface area contributed by atoms with E-state index in [0.29, 0.717) is 35.6 Å². The zero-order valence-corrected chi connectivity index (χ0v) is 18.9. The zero-order chi connectivity index (χ0) is 22.9. The van der Waals surface area contributed by atoms with E-state index in [-0.39, 0.29) is 11.7 Å². The van der Waals surface area contributed by atoms with Gasteiger partial charge in [0.25, 0.3) is 0 Å². The van der Waals surface area contributed by atoms with Gasteiger partial charge in [0, 0.05) is 12.2 Å². The van der Waals surface area contributed by atoms with Crippen molar-refractivity contribution in [3.8, 4) is 17.2 Å². The minimum atomic E-state index is -0.148. The monoisotopic (exact) mass is 458 g/mol. The van der Waals surface area contributed by atoms with Gasteiger partial charge in [0.15, 0.2) is 17.3 Å². The van der Waals surface area contributed by atoms with Gasteiger partial charge in [0.2, 0.25) is 11.1 Å². The van der Waals surface area contributed by atoms with Crippen molar-refractivity contribution >= 4 is 23.4 Å². The molecule has 1 amide bonds. The maximum atomic E-state index is 12.2. The summed E-state index contributed by atoms with van der Waals surface area (Å²) in [7, 11) is 4.77. The van der Waals surface area contributed by atoms with Crippen LogP contribution in [0.1, 0.15) is 11.4 Å². The van der Waals surface area contributed by atoms with E-state index in [9.17, 15) is 4.79 Å². The van der Waals surface area contributed by atoms with E-state index in [4.69, 9.17) is 20.1 Å². The fourth-order valence-electron chi connectivity index (χ4n) is 2.79. The lowest BCUT2D eigenvalue weighted by Crippen LogP contribution is -2.25. The van der Waals surface area contributed by atoms with Crippen LogP contribution in [0.5, 0.6) is 17.2 Å². The Kier molecular flexibility index (Phi) is 8.03. The number of hydrogen-bond donors (Lipinski definition) is 3. The molecule has 0 spiro atoms. The second kappa shape index (κ2) is 11.1. The van der Waals surface area contributed by atoms with Crippen LogP contribution in [0.15, 0.2) is 47.6 Å². The van der Waals surface area contributed by atoms with Crippen molar-refractivity contribution in [1.29, 1.82) is 0 Å². The number of carbonyl (C=O) groups is 1. The molecule has 4 N–H and O–H groups in total. The van der Waals surface area contributed by atoms with Gasteiger partial charge in [-0.05, 0) is 42.0 Å². The summed E-state index contributed by atoms with van der Waals surface area (Å²) >= 11 is 1.21. The Balaban J connectivity index is 1.47. The molecule has 10 nitrogen and oxygen atoms in total. The summed E-state index contributed by atoms with van der Waals surface area (Å²) in [6.07, 6.45) is 0. The quantitative estimate of drug-likeness (QED) is 0.292. The number of nitrogens with one attached hydrogen (secondary N) is 2. The Hall–Kier alpha value is -3.60. The van der Waals surface area contributed by atoms with E-state index < -0.39 is 0 Å². The first-order valence-corrected chi connectivity index (χ1v) is 10.7. The van der Waals surface area contributed by atoms with E-state index in [1.807, 2.05) is 36.4 Å². The number of anilines is 1. The summed E-state index contributed by atoms with van der Waals surface area (Å²) in [6, 6.07) is 13.0. The van der Waals surface area contributed by atoms with Gasteiger partial charge in [-0.25, -0.2) is 4.68 Å². The molecule has 0 unspecified atom stereocenters. The van der Waals surface area contributed by atoms with Crippen LogP contribution < -0.4 is 30.7 Å². The molecule has 1 aromatic heterocycles. The number of hydrogen-bond acceptors (Lipinski definition) is 9. The maximum Gasteiger partial charge on any atom is 0.230 e. The third kappa shape index (κ3) is 5.97. The maximum absolute atomic E-state index is 12.2. The number of methoxy groups -OCH3 is 3. The molecule has 0 fully saturated rings. The van der Waals surface area contributed by atoms with Gasteiger partial charge >= 0.3 is 0 Å². The molecule has 0 atom stereocenters. The number of nitrogens with zero attached hydrogens (tertiary/aromatic N) is 3. The summed E-state index contributed by atoms with van der Waals surface area (Å²) in [6.45, 7) is 0.758. The molecule has 0 bridgehead atoms. The van der Waals surface area contributed by atoms with E-state index in [0.717, 1.165) is 17.0 Å². The van der Waals surface area contributed by atoms with Crippen molar-refractivity contribution in [2.75, 3.05) is 38.2 Å². The standard InChI is InChI=1S/C21H26N6O4S/c1-29-16-7-5-15(6-8-16)23-12-19-25-26-21(27(19)22)32-13-20(28)24-11-14-4-9-17(30-2)18(10-14)31-3/h4-10,23H,11-13,22H2,1-3H3,(H,24,28). The van der Waals surface area contributed by atoms with Gasteiger partial charge in [-0.3, -0.25) is 4.79 Å².